The number of nitrogens with zero attached hydrogens (tertiary/aromatic N) is 2. The summed E-state index contributed by atoms with van der Waals surface area (Å²) < 4.78 is 58.3. The number of hydrogen-bond donors (Lipinski definition) is 0. The zero-order valence-corrected chi connectivity index (χ0v) is 17.3. The molecule has 2 aromatic rings. The Hall–Kier alpha value is -1.94. The predicted octanol–water partition coefficient (Wildman–Crippen LogP) is 3.18. The SMILES string of the molecule is O=C(COc1ccc(F)c(Cl)c1)N1CCN(S(=O)(=O)c2ccc(F)c(Cl)c2)CC1. The zero-order valence-electron chi connectivity index (χ0n) is 14.9. The van der Waals surface area contributed by atoms with Gasteiger partial charge < -0.3 is 9.64 Å². The molecule has 0 saturated carbocycles. The lowest BCUT2D eigenvalue weighted by Crippen LogP contribution is -2.51. The summed E-state index contributed by atoms with van der Waals surface area (Å²) >= 11 is 11.3. The molecule has 0 spiro atoms. The van der Waals surface area contributed by atoms with Crippen LogP contribution in [0.2, 0.25) is 10.0 Å². The number of ether oxygens (including phenoxy) is 1. The molecule has 0 radical (unpaired) electrons. The molecule has 1 fully saturated rings. The molecule has 1 amide bonds. The first kappa shape index (κ1) is 21.8. The van der Waals surface area contributed by atoms with Crippen LogP contribution in [0.4, 0.5) is 8.78 Å². The minimum absolute atomic E-state index is 0.0748. The number of carbonyl (C=O) groups is 1. The zero-order chi connectivity index (χ0) is 21.2. The minimum Gasteiger partial charge on any atom is -0.484 e. The first-order valence-electron chi connectivity index (χ1n) is 8.49. The fraction of sp³-hybridized carbons (Fsp3) is 0.278. The molecule has 0 bridgehead atoms. The first-order chi connectivity index (χ1) is 13.7. The van der Waals surface area contributed by atoms with Crippen molar-refractivity contribution in [3.05, 3.63) is 58.1 Å². The van der Waals surface area contributed by atoms with E-state index in [0.29, 0.717) is 0 Å². The van der Waals surface area contributed by atoms with Crippen LogP contribution in [0.1, 0.15) is 0 Å². The summed E-state index contributed by atoms with van der Waals surface area (Å²) in [5.41, 5.74) is 0. The van der Waals surface area contributed by atoms with Crippen LogP contribution in [-0.2, 0) is 14.8 Å². The van der Waals surface area contributed by atoms with E-state index >= 15 is 0 Å². The Morgan fingerprint density at radius 2 is 1.55 bits per heavy atom. The largest absolute Gasteiger partial charge is 0.484 e. The van der Waals surface area contributed by atoms with E-state index in [-0.39, 0.29) is 59.4 Å². The van der Waals surface area contributed by atoms with Gasteiger partial charge >= 0.3 is 0 Å². The summed E-state index contributed by atoms with van der Waals surface area (Å²) in [5.74, 6) is -1.39. The van der Waals surface area contributed by atoms with Crippen molar-refractivity contribution in [2.24, 2.45) is 0 Å². The Morgan fingerprint density at radius 1 is 0.966 bits per heavy atom. The average Bonchev–Trinajstić information content (AvgIpc) is 2.70. The molecular weight excluding hydrogens is 449 g/mol. The average molecular weight is 465 g/mol. The molecule has 0 N–H and O–H groups in total. The lowest BCUT2D eigenvalue weighted by molar-refractivity contribution is -0.134. The molecule has 3 rings (SSSR count). The van der Waals surface area contributed by atoms with Gasteiger partial charge in [-0.15, -0.1) is 0 Å². The standard InChI is InChI=1S/C18H16Cl2F2N2O4S/c19-14-9-12(1-3-16(14)21)28-11-18(25)23-5-7-24(8-6-23)29(26,27)13-2-4-17(22)15(20)10-13/h1-4,9-10H,5-8,11H2. The lowest BCUT2D eigenvalue weighted by atomic mass is 10.3. The van der Waals surface area contributed by atoms with E-state index in [9.17, 15) is 22.0 Å². The maximum absolute atomic E-state index is 13.3. The second kappa shape index (κ2) is 8.83. The number of amides is 1. The number of carbonyl (C=O) groups excluding carboxylic acids is 1. The normalized spacial score (nSPS) is 15.4. The molecule has 2 aromatic carbocycles. The highest BCUT2D eigenvalue weighted by Crippen LogP contribution is 2.24. The lowest BCUT2D eigenvalue weighted by Gasteiger charge is -2.34. The monoisotopic (exact) mass is 464 g/mol. The maximum atomic E-state index is 13.3. The van der Waals surface area contributed by atoms with E-state index in [4.69, 9.17) is 27.9 Å². The molecule has 1 saturated heterocycles. The number of halogens is 4. The van der Waals surface area contributed by atoms with Crippen molar-refractivity contribution in [1.29, 1.82) is 0 Å². The quantitative estimate of drug-likeness (QED) is 0.681. The van der Waals surface area contributed by atoms with E-state index < -0.39 is 21.7 Å². The minimum atomic E-state index is -3.85. The van der Waals surface area contributed by atoms with Crippen LogP contribution in [0.5, 0.6) is 5.75 Å². The van der Waals surface area contributed by atoms with E-state index in [1.807, 2.05) is 0 Å². The third kappa shape index (κ3) is 4.98. The van der Waals surface area contributed by atoms with Gasteiger partial charge in [0.1, 0.15) is 17.4 Å². The summed E-state index contributed by atoms with van der Waals surface area (Å²) in [4.78, 5) is 13.7. The second-order valence-electron chi connectivity index (χ2n) is 6.23. The number of hydrogen-bond acceptors (Lipinski definition) is 4. The van der Waals surface area contributed by atoms with E-state index in [2.05, 4.69) is 0 Å². The Labute approximate surface area is 176 Å². The highest BCUT2D eigenvalue weighted by molar-refractivity contribution is 7.89. The van der Waals surface area contributed by atoms with Crippen LogP contribution in [0.15, 0.2) is 41.3 Å². The molecule has 156 valence electrons. The fourth-order valence-corrected chi connectivity index (χ4v) is 4.63. The molecule has 0 aromatic heterocycles. The van der Waals surface area contributed by atoms with Crippen LogP contribution in [0.3, 0.4) is 0 Å². The van der Waals surface area contributed by atoms with E-state index in [1.54, 1.807) is 0 Å². The smallest absolute Gasteiger partial charge is 0.260 e. The van der Waals surface area contributed by atoms with Crippen molar-refractivity contribution in [2.45, 2.75) is 4.90 Å². The van der Waals surface area contributed by atoms with Gasteiger partial charge in [-0.2, -0.15) is 4.31 Å². The molecule has 6 nitrogen and oxygen atoms in total. The van der Waals surface area contributed by atoms with Crippen molar-refractivity contribution < 1.29 is 26.7 Å². The van der Waals surface area contributed by atoms with Crippen LogP contribution in [-0.4, -0.2) is 56.3 Å². The van der Waals surface area contributed by atoms with E-state index in [1.165, 1.54) is 21.3 Å². The molecule has 1 aliphatic heterocycles. The summed E-state index contributed by atoms with van der Waals surface area (Å²) in [5, 5.41) is -0.396. The van der Waals surface area contributed by atoms with Gasteiger partial charge in [-0.05, 0) is 30.3 Å². The molecule has 0 atom stereocenters. The Morgan fingerprint density at radius 3 is 2.14 bits per heavy atom. The third-order valence-electron chi connectivity index (χ3n) is 4.37. The Bertz CT molecular complexity index is 1030. The molecule has 0 unspecified atom stereocenters. The topological polar surface area (TPSA) is 66.9 Å². The number of piperazine rings is 1. The van der Waals surface area contributed by atoms with Crippen LogP contribution in [0, 0.1) is 11.6 Å². The summed E-state index contributed by atoms with van der Waals surface area (Å²) in [6.45, 7) is 0.195. The van der Waals surface area contributed by atoms with Gasteiger partial charge in [0, 0.05) is 32.2 Å². The van der Waals surface area contributed by atoms with Crippen molar-refractivity contribution in [2.75, 3.05) is 32.8 Å². The third-order valence-corrected chi connectivity index (χ3v) is 6.85. The van der Waals surface area contributed by atoms with E-state index in [0.717, 1.165) is 24.3 Å². The summed E-state index contributed by atoms with van der Waals surface area (Å²) in [6.07, 6.45) is 0. The van der Waals surface area contributed by atoms with Gasteiger partial charge in [0.2, 0.25) is 10.0 Å². The molecular formula is C18H16Cl2F2N2O4S. The molecule has 11 heteroatoms. The van der Waals surface area contributed by atoms with Crippen molar-refractivity contribution in [3.63, 3.8) is 0 Å². The van der Waals surface area contributed by atoms with Crippen LogP contribution in [0.25, 0.3) is 0 Å². The second-order valence-corrected chi connectivity index (χ2v) is 8.98. The van der Waals surface area contributed by atoms with Crippen LogP contribution < -0.4 is 4.74 Å². The predicted molar refractivity (Wildman–Crippen MR) is 104 cm³/mol. The number of sulfonamides is 1. The highest BCUT2D eigenvalue weighted by Gasteiger charge is 2.30. The van der Waals surface area contributed by atoms with Gasteiger partial charge in [0.05, 0.1) is 14.9 Å². The molecule has 1 heterocycles. The molecule has 29 heavy (non-hydrogen) atoms. The van der Waals surface area contributed by atoms with Crippen molar-refractivity contribution >= 4 is 39.1 Å². The molecule has 1 aliphatic rings. The summed E-state index contributed by atoms with van der Waals surface area (Å²) in [7, 11) is -3.85. The van der Waals surface area contributed by atoms with Gasteiger partial charge in [-0.3, -0.25) is 4.79 Å². The first-order valence-corrected chi connectivity index (χ1v) is 10.7. The van der Waals surface area contributed by atoms with Gasteiger partial charge in [0.15, 0.2) is 6.61 Å². The maximum Gasteiger partial charge on any atom is 0.260 e. The molecule has 0 aliphatic carbocycles. The summed E-state index contributed by atoms with van der Waals surface area (Å²) in [6, 6.07) is 6.96. The fourth-order valence-electron chi connectivity index (χ4n) is 2.77. The van der Waals surface area contributed by atoms with Crippen molar-refractivity contribution in [3.8, 4) is 5.75 Å². The Balaban J connectivity index is 1.57. The number of rotatable bonds is 5. The van der Waals surface area contributed by atoms with Gasteiger partial charge in [0.25, 0.3) is 5.91 Å². The highest BCUT2D eigenvalue weighted by atomic mass is 35.5. The number of benzene rings is 2. The van der Waals surface area contributed by atoms with Gasteiger partial charge in [-0.25, -0.2) is 17.2 Å². The Kier molecular flexibility index (Phi) is 6.62. The van der Waals surface area contributed by atoms with Gasteiger partial charge in [-0.1, -0.05) is 23.2 Å². The van der Waals surface area contributed by atoms with Crippen molar-refractivity contribution in [1.82, 2.24) is 9.21 Å². The van der Waals surface area contributed by atoms with Crippen LogP contribution >= 0.6 is 23.2 Å².